The van der Waals surface area contributed by atoms with Gasteiger partial charge in [-0.3, -0.25) is 0 Å². The van der Waals surface area contributed by atoms with Gasteiger partial charge in [-0.25, -0.2) is 0 Å². The van der Waals surface area contributed by atoms with Crippen LogP contribution in [-0.2, 0) is 20.8 Å². The van der Waals surface area contributed by atoms with Crippen LogP contribution >= 0.6 is 0 Å². The number of benzene rings is 2. The van der Waals surface area contributed by atoms with Crippen molar-refractivity contribution in [3.8, 4) is 5.75 Å². The van der Waals surface area contributed by atoms with E-state index >= 15 is 0 Å². The van der Waals surface area contributed by atoms with E-state index in [1.165, 1.54) is 0 Å². The predicted octanol–water partition coefficient (Wildman–Crippen LogP) is 4.60. The Labute approximate surface area is 179 Å². The molecule has 1 heterocycles. The van der Waals surface area contributed by atoms with Crippen LogP contribution in [0.15, 0.2) is 54.6 Å². The van der Waals surface area contributed by atoms with Gasteiger partial charge in [-0.2, -0.15) is 0 Å². The zero-order valence-corrected chi connectivity index (χ0v) is 18.4. The molecule has 5 heteroatoms. The minimum atomic E-state index is -0.418. The Morgan fingerprint density at radius 3 is 2.40 bits per heavy atom. The molecule has 2 aromatic rings. The van der Waals surface area contributed by atoms with E-state index in [1.807, 2.05) is 49.4 Å². The topological polar surface area (TPSA) is 57.2 Å². The largest absolute Gasteiger partial charge is 0.497 e. The molecule has 1 aliphatic rings. The Hall–Kier alpha value is -1.92. The SMILES string of the molecule is COc1ccc(C2OC[C@H](C)[C@@H]([C@@H](C)[C@@H](OCc3ccccc3)[C@@H](C)CO)O2)cc1. The number of hydrogen-bond donors (Lipinski definition) is 1. The third-order valence-corrected chi connectivity index (χ3v) is 5.91. The fourth-order valence-corrected chi connectivity index (χ4v) is 4.12. The van der Waals surface area contributed by atoms with Gasteiger partial charge >= 0.3 is 0 Å². The highest BCUT2D eigenvalue weighted by Crippen LogP contribution is 2.36. The second-order valence-electron chi connectivity index (χ2n) is 8.30. The van der Waals surface area contributed by atoms with Crippen molar-refractivity contribution in [3.63, 3.8) is 0 Å². The molecule has 2 aromatic carbocycles. The zero-order chi connectivity index (χ0) is 21.5. The summed E-state index contributed by atoms with van der Waals surface area (Å²) in [6, 6.07) is 17.9. The Kier molecular flexibility index (Phi) is 8.28. The van der Waals surface area contributed by atoms with Crippen LogP contribution in [-0.4, -0.2) is 37.6 Å². The van der Waals surface area contributed by atoms with Gasteiger partial charge in [-0.05, 0) is 17.7 Å². The van der Waals surface area contributed by atoms with Gasteiger partial charge in [-0.15, -0.1) is 0 Å². The van der Waals surface area contributed by atoms with Crippen LogP contribution in [0.1, 0.15) is 38.2 Å². The molecular formula is C25H34O5. The second kappa shape index (κ2) is 10.9. The molecule has 0 bridgehead atoms. The normalized spacial score (nSPS) is 24.8. The molecule has 30 heavy (non-hydrogen) atoms. The molecule has 1 aliphatic heterocycles. The van der Waals surface area contributed by atoms with E-state index in [-0.39, 0.29) is 36.6 Å². The lowest BCUT2D eigenvalue weighted by Gasteiger charge is -2.42. The number of hydrogen-bond acceptors (Lipinski definition) is 5. The van der Waals surface area contributed by atoms with Crippen LogP contribution in [0, 0.1) is 17.8 Å². The summed E-state index contributed by atoms with van der Waals surface area (Å²) in [6.07, 6.45) is -0.586. The minimum Gasteiger partial charge on any atom is -0.497 e. The fourth-order valence-electron chi connectivity index (χ4n) is 4.12. The maximum Gasteiger partial charge on any atom is 0.184 e. The fraction of sp³-hybridized carbons (Fsp3) is 0.520. The lowest BCUT2D eigenvalue weighted by atomic mass is 9.83. The summed E-state index contributed by atoms with van der Waals surface area (Å²) in [5, 5.41) is 9.84. The summed E-state index contributed by atoms with van der Waals surface area (Å²) in [6.45, 7) is 7.52. The van der Waals surface area contributed by atoms with Gasteiger partial charge in [0.15, 0.2) is 6.29 Å². The molecule has 0 aromatic heterocycles. The summed E-state index contributed by atoms with van der Waals surface area (Å²) in [5.74, 6) is 1.12. The van der Waals surface area contributed by atoms with Gasteiger partial charge in [0.25, 0.3) is 0 Å². The second-order valence-corrected chi connectivity index (χ2v) is 8.30. The average Bonchev–Trinajstić information content (AvgIpc) is 2.80. The lowest BCUT2D eigenvalue weighted by Crippen LogP contribution is -2.46. The molecule has 0 aliphatic carbocycles. The number of aliphatic hydroxyl groups is 1. The molecule has 0 amide bonds. The summed E-state index contributed by atoms with van der Waals surface area (Å²) in [5.41, 5.74) is 2.09. The van der Waals surface area contributed by atoms with Crippen molar-refractivity contribution in [1.82, 2.24) is 0 Å². The summed E-state index contributed by atoms with van der Waals surface area (Å²) >= 11 is 0. The van der Waals surface area contributed by atoms with Gasteiger partial charge in [0.05, 0.1) is 32.5 Å². The van der Waals surface area contributed by atoms with Crippen LogP contribution in [0.25, 0.3) is 0 Å². The molecule has 164 valence electrons. The molecule has 1 unspecified atom stereocenters. The van der Waals surface area contributed by atoms with E-state index in [9.17, 15) is 5.11 Å². The van der Waals surface area contributed by atoms with Gasteiger partial charge in [0.1, 0.15) is 5.75 Å². The van der Waals surface area contributed by atoms with E-state index in [2.05, 4.69) is 26.0 Å². The quantitative estimate of drug-likeness (QED) is 0.650. The lowest BCUT2D eigenvalue weighted by molar-refractivity contribution is -0.260. The summed E-state index contributed by atoms with van der Waals surface area (Å²) in [7, 11) is 1.65. The standard InChI is InChI=1S/C25H34O5/c1-17(14-26)23(28-16-20-8-6-5-7-9-20)19(3)24-18(2)15-29-25(30-24)21-10-12-22(27-4)13-11-21/h5-13,17-19,23-26H,14-16H2,1-4H3/t17-,18-,19-,23-,24-,25?/m0/s1. The van der Waals surface area contributed by atoms with Crippen molar-refractivity contribution >= 4 is 0 Å². The number of methoxy groups -OCH3 is 1. The van der Waals surface area contributed by atoms with Crippen LogP contribution in [0.5, 0.6) is 5.75 Å². The number of ether oxygens (including phenoxy) is 4. The molecule has 0 radical (unpaired) electrons. The van der Waals surface area contributed by atoms with Crippen LogP contribution in [0.3, 0.4) is 0 Å². The van der Waals surface area contributed by atoms with E-state index in [0.717, 1.165) is 16.9 Å². The molecule has 0 spiro atoms. The van der Waals surface area contributed by atoms with Crippen LogP contribution in [0.4, 0.5) is 0 Å². The summed E-state index contributed by atoms with van der Waals surface area (Å²) in [4.78, 5) is 0. The molecule has 1 fully saturated rings. The molecule has 1 N–H and O–H groups in total. The van der Waals surface area contributed by atoms with Crippen molar-refractivity contribution in [2.24, 2.45) is 17.8 Å². The maximum absolute atomic E-state index is 9.84. The van der Waals surface area contributed by atoms with Crippen molar-refractivity contribution in [1.29, 1.82) is 0 Å². The van der Waals surface area contributed by atoms with E-state index in [0.29, 0.717) is 13.2 Å². The van der Waals surface area contributed by atoms with E-state index in [4.69, 9.17) is 18.9 Å². The smallest absolute Gasteiger partial charge is 0.184 e. The van der Waals surface area contributed by atoms with Gasteiger partial charge < -0.3 is 24.1 Å². The first-order chi connectivity index (χ1) is 14.5. The highest BCUT2D eigenvalue weighted by atomic mass is 16.7. The van der Waals surface area contributed by atoms with Crippen LogP contribution in [0.2, 0.25) is 0 Å². The first-order valence-corrected chi connectivity index (χ1v) is 10.7. The van der Waals surface area contributed by atoms with Crippen molar-refractivity contribution in [2.45, 2.75) is 45.9 Å². The first kappa shape index (κ1) is 22.8. The summed E-state index contributed by atoms with van der Waals surface area (Å²) < 4.78 is 24.0. The third kappa shape index (κ3) is 5.61. The third-order valence-electron chi connectivity index (χ3n) is 5.91. The van der Waals surface area contributed by atoms with Gasteiger partial charge in [-0.1, -0.05) is 63.2 Å². The predicted molar refractivity (Wildman–Crippen MR) is 116 cm³/mol. The maximum atomic E-state index is 9.84. The monoisotopic (exact) mass is 414 g/mol. The average molecular weight is 415 g/mol. The van der Waals surface area contributed by atoms with Gasteiger partial charge in [0, 0.05) is 29.9 Å². The highest BCUT2D eigenvalue weighted by molar-refractivity contribution is 5.28. The van der Waals surface area contributed by atoms with E-state index < -0.39 is 6.29 Å². The first-order valence-electron chi connectivity index (χ1n) is 10.7. The van der Waals surface area contributed by atoms with Gasteiger partial charge in [0.2, 0.25) is 0 Å². The zero-order valence-electron chi connectivity index (χ0n) is 18.4. The Bertz CT molecular complexity index is 748. The van der Waals surface area contributed by atoms with Crippen LogP contribution < -0.4 is 4.74 Å². The van der Waals surface area contributed by atoms with Crippen molar-refractivity contribution in [3.05, 3.63) is 65.7 Å². The number of aliphatic hydroxyl groups excluding tert-OH is 1. The molecule has 1 saturated heterocycles. The molecular weight excluding hydrogens is 380 g/mol. The molecule has 3 rings (SSSR count). The molecule has 6 atom stereocenters. The van der Waals surface area contributed by atoms with Crippen molar-refractivity contribution < 1.29 is 24.1 Å². The van der Waals surface area contributed by atoms with E-state index in [1.54, 1.807) is 7.11 Å². The van der Waals surface area contributed by atoms with Crippen molar-refractivity contribution in [2.75, 3.05) is 20.3 Å². The highest BCUT2D eigenvalue weighted by Gasteiger charge is 2.39. The molecule has 5 nitrogen and oxygen atoms in total. The molecule has 0 saturated carbocycles. The Morgan fingerprint density at radius 1 is 1.07 bits per heavy atom. The Morgan fingerprint density at radius 2 is 1.77 bits per heavy atom. The minimum absolute atomic E-state index is 0.00166. The number of rotatable bonds is 9. The Balaban J connectivity index is 1.71.